The van der Waals surface area contributed by atoms with Crippen LogP contribution in [0.3, 0.4) is 0 Å². The van der Waals surface area contributed by atoms with Crippen molar-refractivity contribution in [1.29, 1.82) is 0 Å². The maximum Gasteiger partial charge on any atom is 0.229 e. The fraction of sp³-hybridized carbons (Fsp3) is 0.235. The number of aromatic nitrogens is 3. The smallest absolute Gasteiger partial charge is 0.229 e. The first-order valence-electron chi connectivity index (χ1n) is 7.71. The topological polar surface area (TPSA) is 83.0 Å². The Morgan fingerprint density at radius 2 is 2.12 bits per heavy atom. The molecule has 124 valence electrons. The summed E-state index contributed by atoms with van der Waals surface area (Å²) in [5, 5.41) is 19.1. The standard InChI is InChI=1S/C17H19N5OS/c1-3-14(16-18-7-8-24-16)21-15-9-11(2)19-17(22-15)20-12-5-4-6-13(23)10-12/h4-10,14,23H,3H2,1-2H3,(H2,19,20,21,22)/t14-/m0/s1. The van der Waals surface area contributed by atoms with Crippen LogP contribution in [0.2, 0.25) is 0 Å². The second-order valence-electron chi connectivity index (χ2n) is 5.37. The highest BCUT2D eigenvalue weighted by Gasteiger charge is 2.13. The summed E-state index contributed by atoms with van der Waals surface area (Å²) in [4.78, 5) is 13.3. The number of aromatic hydroxyl groups is 1. The van der Waals surface area contributed by atoms with Crippen molar-refractivity contribution in [2.45, 2.75) is 26.3 Å². The number of phenolic OH excluding ortho intramolecular Hbond substituents is 1. The molecule has 0 bridgehead atoms. The van der Waals surface area contributed by atoms with Crippen LogP contribution in [-0.4, -0.2) is 20.1 Å². The summed E-state index contributed by atoms with van der Waals surface area (Å²) in [6.45, 7) is 4.03. The molecule has 0 amide bonds. The fourth-order valence-electron chi connectivity index (χ4n) is 2.33. The molecule has 24 heavy (non-hydrogen) atoms. The van der Waals surface area contributed by atoms with E-state index < -0.39 is 0 Å². The average Bonchev–Trinajstić information content (AvgIpc) is 3.06. The molecule has 0 aliphatic heterocycles. The van der Waals surface area contributed by atoms with Crippen LogP contribution < -0.4 is 10.6 Å². The largest absolute Gasteiger partial charge is 0.508 e. The van der Waals surface area contributed by atoms with Crippen LogP contribution in [0.1, 0.15) is 30.1 Å². The Morgan fingerprint density at radius 3 is 2.83 bits per heavy atom. The number of aryl methyl sites for hydroxylation is 1. The number of phenols is 1. The lowest BCUT2D eigenvalue weighted by molar-refractivity contribution is 0.475. The molecular weight excluding hydrogens is 322 g/mol. The minimum absolute atomic E-state index is 0.118. The van der Waals surface area contributed by atoms with Gasteiger partial charge in [0, 0.05) is 35.1 Å². The predicted molar refractivity (Wildman–Crippen MR) is 96.9 cm³/mol. The van der Waals surface area contributed by atoms with E-state index in [2.05, 4.69) is 32.5 Å². The van der Waals surface area contributed by atoms with Crippen molar-refractivity contribution < 1.29 is 5.11 Å². The molecule has 7 heteroatoms. The zero-order valence-electron chi connectivity index (χ0n) is 13.5. The highest BCUT2D eigenvalue weighted by Crippen LogP contribution is 2.25. The number of thiazole rings is 1. The number of hydrogen-bond donors (Lipinski definition) is 3. The Balaban J connectivity index is 1.81. The molecule has 0 spiro atoms. The van der Waals surface area contributed by atoms with Crippen LogP contribution in [0, 0.1) is 6.92 Å². The summed E-state index contributed by atoms with van der Waals surface area (Å²) in [6.07, 6.45) is 2.72. The first-order valence-corrected chi connectivity index (χ1v) is 8.59. The molecule has 0 radical (unpaired) electrons. The Hall–Kier alpha value is -2.67. The van der Waals surface area contributed by atoms with Crippen LogP contribution in [0.4, 0.5) is 17.5 Å². The summed E-state index contributed by atoms with van der Waals surface area (Å²) in [6, 6.07) is 8.89. The van der Waals surface area contributed by atoms with Crippen molar-refractivity contribution in [1.82, 2.24) is 15.0 Å². The number of anilines is 3. The minimum Gasteiger partial charge on any atom is -0.508 e. The molecule has 2 aromatic heterocycles. The highest BCUT2D eigenvalue weighted by molar-refractivity contribution is 7.09. The second-order valence-corrected chi connectivity index (χ2v) is 6.30. The number of nitrogens with zero attached hydrogens (tertiary/aromatic N) is 3. The van der Waals surface area contributed by atoms with Crippen molar-refractivity contribution in [3.8, 4) is 5.75 Å². The quantitative estimate of drug-likeness (QED) is 0.621. The average molecular weight is 341 g/mol. The fourth-order valence-corrected chi connectivity index (χ4v) is 3.11. The monoisotopic (exact) mass is 341 g/mol. The molecule has 1 aromatic carbocycles. The Kier molecular flexibility index (Phi) is 4.90. The maximum absolute atomic E-state index is 9.56. The van der Waals surface area contributed by atoms with Gasteiger partial charge in [0.25, 0.3) is 0 Å². The minimum atomic E-state index is 0.118. The predicted octanol–water partition coefficient (Wildman–Crippen LogP) is 4.25. The third-order valence-electron chi connectivity index (χ3n) is 3.44. The maximum atomic E-state index is 9.56. The molecule has 0 aliphatic rings. The zero-order valence-corrected chi connectivity index (χ0v) is 14.3. The lowest BCUT2D eigenvalue weighted by atomic mass is 10.2. The molecule has 2 heterocycles. The van der Waals surface area contributed by atoms with Gasteiger partial charge in [-0.1, -0.05) is 13.0 Å². The first-order chi connectivity index (χ1) is 11.6. The van der Waals surface area contributed by atoms with Crippen LogP contribution in [0.15, 0.2) is 41.9 Å². The van der Waals surface area contributed by atoms with Crippen molar-refractivity contribution in [2.75, 3.05) is 10.6 Å². The normalized spacial score (nSPS) is 11.9. The molecular formula is C17H19N5OS. The van der Waals surface area contributed by atoms with E-state index in [-0.39, 0.29) is 11.8 Å². The Morgan fingerprint density at radius 1 is 1.25 bits per heavy atom. The lowest BCUT2D eigenvalue weighted by Crippen LogP contribution is -2.12. The summed E-state index contributed by atoms with van der Waals surface area (Å²) in [7, 11) is 0. The summed E-state index contributed by atoms with van der Waals surface area (Å²) >= 11 is 1.63. The van der Waals surface area contributed by atoms with Gasteiger partial charge in [0.1, 0.15) is 16.6 Å². The van der Waals surface area contributed by atoms with Crippen LogP contribution in [0.5, 0.6) is 5.75 Å². The van der Waals surface area contributed by atoms with Crippen molar-refractivity contribution in [3.05, 3.63) is 52.6 Å². The van der Waals surface area contributed by atoms with Gasteiger partial charge in [-0.25, -0.2) is 9.97 Å². The third kappa shape index (κ3) is 3.99. The molecule has 3 N–H and O–H groups in total. The second kappa shape index (κ2) is 7.27. The van der Waals surface area contributed by atoms with E-state index in [0.29, 0.717) is 5.95 Å². The third-order valence-corrected chi connectivity index (χ3v) is 4.33. The molecule has 6 nitrogen and oxygen atoms in total. The summed E-state index contributed by atoms with van der Waals surface area (Å²) in [5.74, 6) is 1.42. The molecule has 0 unspecified atom stereocenters. The van der Waals surface area contributed by atoms with E-state index in [1.165, 1.54) is 0 Å². The van der Waals surface area contributed by atoms with E-state index in [1.807, 2.05) is 30.6 Å². The van der Waals surface area contributed by atoms with E-state index in [9.17, 15) is 5.11 Å². The number of hydrogen-bond acceptors (Lipinski definition) is 7. The molecule has 3 aromatic rings. The SMILES string of the molecule is CC[C@H](Nc1cc(C)nc(Nc2cccc(O)c2)n1)c1nccs1. The van der Waals surface area contributed by atoms with Crippen LogP contribution >= 0.6 is 11.3 Å². The summed E-state index contributed by atoms with van der Waals surface area (Å²) in [5.41, 5.74) is 1.59. The molecule has 3 rings (SSSR count). The van der Waals surface area contributed by atoms with Gasteiger partial charge in [-0.2, -0.15) is 4.98 Å². The van der Waals surface area contributed by atoms with Gasteiger partial charge in [-0.05, 0) is 25.5 Å². The van der Waals surface area contributed by atoms with Crippen molar-refractivity contribution in [3.63, 3.8) is 0 Å². The number of benzene rings is 1. The van der Waals surface area contributed by atoms with Gasteiger partial charge >= 0.3 is 0 Å². The van der Waals surface area contributed by atoms with E-state index >= 15 is 0 Å². The molecule has 0 saturated heterocycles. The van der Waals surface area contributed by atoms with E-state index in [0.717, 1.165) is 28.6 Å². The van der Waals surface area contributed by atoms with Crippen LogP contribution in [-0.2, 0) is 0 Å². The molecule has 1 atom stereocenters. The first kappa shape index (κ1) is 16.2. The molecule has 0 fully saturated rings. The van der Waals surface area contributed by atoms with E-state index in [4.69, 9.17) is 0 Å². The van der Waals surface area contributed by atoms with E-state index in [1.54, 1.807) is 29.5 Å². The van der Waals surface area contributed by atoms with Gasteiger partial charge in [0.2, 0.25) is 5.95 Å². The molecule has 0 aliphatic carbocycles. The lowest BCUT2D eigenvalue weighted by Gasteiger charge is -2.16. The van der Waals surface area contributed by atoms with Crippen LogP contribution in [0.25, 0.3) is 0 Å². The highest BCUT2D eigenvalue weighted by atomic mass is 32.1. The van der Waals surface area contributed by atoms with Gasteiger partial charge < -0.3 is 15.7 Å². The Labute approximate surface area is 144 Å². The molecule has 0 saturated carbocycles. The van der Waals surface area contributed by atoms with Gasteiger partial charge in [-0.15, -0.1) is 11.3 Å². The van der Waals surface area contributed by atoms with Crippen molar-refractivity contribution in [2.24, 2.45) is 0 Å². The van der Waals surface area contributed by atoms with Gasteiger partial charge in [-0.3, -0.25) is 0 Å². The van der Waals surface area contributed by atoms with Gasteiger partial charge in [0.05, 0.1) is 6.04 Å². The Bertz CT molecular complexity index is 807. The number of nitrogens with one attached hydrogen (secondary N) is 2. The summed E-state index contributed by atoms with van der Waals surface area (Å²) < 4.78 is 0. The van der Waals surface area contributed by atoms with Crippen molar-refractivity contribution >= 4 is 28.8 Å². The number of rotatable bonds is 6. The van der Waals surface area contributed by atoms with Gasteiger partial charge in [0.15, 0.2) is 0 Å². The zero-order chi connectivity index (χ0) is 16.9.